The fourth-order valence-corrected chi connectivity index (χ4v) is 7.22. The molecule has 0 unspecified atom stereocenters. The molecule has 3 fully saturated rings. The molecule has 0 N–H and O–H groups in total. The number of amides is 3. The van der Waals surface area contributed by atoms with Crippen LogP contribution >= 0.6 is 0 Å². The molecular formula is C28H25N3O3. The Hall–Kier alpha value is -3.51. The third-order valence-corrected chi connectivity index (χ3v) is 8.45. The SMILES string of the molecule is CCN1C(=O)[C@@]2(c3ccccc31)[C@@H]1C(=O)N(c3ccc4ccccc4c3)C(=O)[C@@H]1[C@@H]1CCCN12. The Morgan fingerprint density at radius 3 is 2.50 bits per heavy atom. The average Bonchev–Trinajstić information content (AvgIpc) is 3.56. The number of hydrogen-bond acceptors (Lipinski definition) is 4. The van der Waals surface area contributed by atoms with Gasteiger partial charge in [0.05, 0.1) is 17.5 Å². The normalized spacial score (nSPS) is 30.0. The highest BCUT2D eigenvalue weighted by Gasteiger charge is 2.75. The maximum absolute atomic E-state index is 14.2. The monoisotopic (exact) mass is 451 g/mol. The molecule has 3 amide bonds. The van der Waals surface area contributed by atoms with Crippen LogP contribution in [0.15, 0.2) is 66.7 Å². The number of imide groups is 1. The maximum Gasteiger partial charge on any atom is 0.253 e. The van der Waals surface area contributed by atoms with Crippen LogP contribution in [-0.4, -0.2) is 41.8 Å². The number of anilines is 2. The smallest absolute Gasteiger partial charge is 0.253 e. The van der Waals surface area contributed by atoms with Crippen molar-refractivity contribution in [2.45, 2.75) is 31.3 Å². The van der Waals surface area contributed by atoms with Crippen LogP contribution in [0.2, 0.25) is 0 Å². The van der Waals surface area contributed by atoms with Crippen LogP contribution in [-0.2, 0) is 19.9 Å². The number of nitrogens with zero attached hydrogens (tertiary/aromatic N) is 3. The van der Waals surface area contributed by atoms with Crippen molar-refractivity contribution in [3.63, 3.8) is 0 Å². The molecule has 0 radical (unpaired) electrons. The second kappa shape index (κ2) is 6.76. The van der Waals surface area contributed by atoms with Gasteiger partial charge in [0, 0.05) is 23.8 Å². The number of carbonyl (C=O) groups excluding carboxylic acids is 3. The Morgan fingerprint density at radius 1 is 0.912 bits per heavy atom. The minimum atomic E-state index is -1.10. The van der Waals surface area contributed by atoms with Crippen LogP contribution in [0.25, 0.3) is 10.8 Å². The molecule has 3 aromatic carbocycles. The molecular weight excluding hydrogens is 426 g/mol. The van der Waals surface area contributed by atoms with Gasteiger partial charge in [0.25, 0.3) is 5.91 Å². The molecule has 4 aliphatic rings. The fraction of sp³-hybridized carbons (Fsp3) is 0.321. The summed E-state index contributed by atoms with van der Waals surface area (Å²) in [5.41, 5.74) is 1.24. The Bertz CT molecular complexity index is 1400. The number of para-hydroxylation sites is 1. The van der Waals surface area contributed by atoms with Gasteiger partial charge in [0.1, 0.15) is 5.54 Å². The Morgan fingerprint density at radius 2 is 1.68 bits per heavy atom. The van der Waals surface area contributed by atoms with Crippen LogP contribution in [0.3, 0.4) is 0 Å². The minimum Gasteiger partial charge on any atom is -0.310 e. The van der Waals surface area contributed by atoms with E-state index in [1.54, 1.807) is 4.90 Å². The zero-order chi connectivity index (χ0) is 23.2. The van der Waals surface area contributed by atoms with Gasteiger partial charge in [-0.05, 0) is 55.3 Å². The van der Waals surface area contributed by atoms with Crippen molar-refractivity contribution in [2.24, 2.45) is 11.8 Å². The summed E-state index contributed by atoms with van der Waals surface area (Å²) < 4.78 is 0. The first-order chi connectivity index (χ1) is 16.6. The summed E-state index contributed by atoms with van der Waals surface area (Å²) in [5, 5.41) is 2.04. The molecule has 4 atom stereocenters. The molecule has 0 saturated carbocycles. The number of rotatable bonds is 2. The van der Waals surface area contributed by atoms with Gasteiger partial charge < -0.3 is 4.90 Å². The van der Waals surface area contributed by atoms with Gasteiger partial charge in [-0.1, -0.05) is 48.5 Å². The van der Waals surface area contributed by atoms with Crippen LogP contribution in [0, 0.1) is 11.8 Å². The zero-order valence-corrected chi connectivity index (χ0v) is 19.0. The first-order valence-electron chi connectivity index (χ1n) is 12.1. The van der Waals surface area contributed by atoms with E-state index in [1.807, 2.05) is 73.7 Å². The molecule has 7 rings (SSSR count). The van der Waals surface area contributed by atoms with Crippen molar-refractivity contribution in [3.8, 4) is 0 Å². The van der Waals surface area contributed by atoms with Crippen molar-refractivity contribution in [3.05, 3.63) is 72.3 Å². The van der Waals surface area contributed by atoms with E-state index in [0.717, 1.165) is 41.4 Å². The Balaban J connectivity index is 1.42. The summed E-state index contributed by atoms with van der Waals surface area (Å²) in [5.74, 6) is -1.69. The van der Waals surface area contributed by atoms with E-state index in [2.05, 4.69) is 4.90 Å². The molecule has 3 saturated heterocycles. The molecule has 4 heterocycles. The van der Waals surface area contributed by atoms with E-state index in [-0.39, 0.29) is 23.8 Å². The summed E-state index contributed by atoms with van der Waals surface area (Å²) in [7, 11) is 0. The van der Waals surface area contributed by atoms with E-state index in [9.17, 15) is 14.4 Å². The highest BCUT2D eigenvalue weighted by atomic mass is 16.2. The van der Waals surface area contributed by atoms with E-state index in [0.29, 0.717) is 12.2 Å². The summed E-state index contributed by atoms with van der Waals surface area (Å²) in [6.45, 7) is 3.22. The van der Waals surface area contributed by atoms with Gasteiger partial charge in [0.2, 0.25) is 11.8 Å². The van der Waals surface area contributed by atoms with Crippen LogP contribution in [0.1, 0.15) is 25.3 Å². The van der Waals surface area contributed by atoms with Gasteiger partial charge in [-0.15, -0.1) is 0 Å². The summed E-state index contributed by atoms with van der Waals surface area (Å²) in [4.78, 5) is 47.7. The molecule has 3 aromatic rings. The molecule has 0 bridgehead atoms. The summed E-state index contributed by atoms with van der Waals surface area (Å²) in [6.07, 6.45) is 1.75. The lowest BCUT2D eigenvalue weighted by Crippen LogP contribution is -2.56. The minimum absolute atomic E-state index is 0.0582. The quantitative estimate of drug-likeness (QED) is 0.558. The standard InChI is InChI=1S/C28H25N3O3/c1-2-29-21-11-6-5-10-20(21)28(27(29)34)24-23(22-12-7-15-30(22)28)25(32)31(26(24)33)19-14-13-17-8-3-4-9-18(17)16-19/h3-6,8-11,13-14,16,22-24H,2,7,12,15H2,1H3/t22-,23+,24-,28+/m0/s1. The van der Waals surface area contributed by atoms with Gasteiger partial charge in [-0.25, -0.2) is 4.90 Å². The van der Waals surface area contributed by atoms with Crippen LogP contribution in [0.4, 0.5) is 11.4 Å². The van der Waals surface area contributed by atoms with E-state index < -0.39 is 17.4 Å². The Kier molecular flexibility index (Phi) is 3.96. The molecule has 0 aromatic heterocycles. The van der Waals surface area contributed by atoms with Gasteiger partial charge >= 0.3 is 0 Å². The number of fused-ring (bicyclic) bond motifs is 8. The second-order valence-corrected chi connectivity index (χ2v) is 9.78. The van der Waals surface area contributed by atoms with Crippen LogP contribution < -0.4 is 9.80 Å². The number of benzene rings is 3. The molecule has 6 nitrogen and oxygen atoms in total. The Labute approximate surface area is 197 Å². The first kappa shape index (κ1) is 19.9. The van der Waals surface area contributed by atoms with E-state index in [1.165, 1.54) is 4.90 Å². The second-order valence-electron chi connectivity index (χ2n) is 9.78. The fourth-order valence-electron chi connectivity index (χ4n) is 7.22. The lowest BCUT2D eigenvalue weighted by molar-refractivity contribution is -0.137. The summed E-state index contributed by atoms with van der Waals surface area (Å²) in [6, 6.07) is 21.4. The zero-order valence-electron chi connectivity index (χ0n) is 19.0. The molecule has 4 aliphatic heterocycles. The highest BCUT2D eigenvalue weighted by molar-refractivity contribution is 6.26. The third kappa shape index (κ3) is 2.18. The van der Waals surface area contributed by atoms with Crippen molar-refractivity contribution in [2.75, 3.05) is 22.9 Å². The molecule has 6 heteroatoms. The van der Waals surface area contributed by atoms with Crippen molar-refractivity contribution in [1.82, 2.24) is 4.90 Å². The van der Waals surface area contributed by atoms with Crippen molar-refractivity contribution in [1.29, 1.82) is 0 Å². The van der Waals surface area contributed by atoms with Crippen molar-refractivity contribution >= 4 is 39.9 Å². The lowest BCUT2D eigenvalue weighted by Gasteiger charge is -2.37. The van der Waals surface area contributed by atoms with Gasteiger partial charge in [-0.2, -0.15) is 0 Å². The highest BCUT2D eigenvalue weighted by Crippen LogP contribution is 2.61. The van der Waals surface area contributed by atoms with E-state index >= 15 is 0 Å². The lowest BCUT2D eigenvalue weighted by atomic mass is 9.75. The number of hydrogen-bond donors (Lipinski definition) is 0. The van der Waals surface area contributed by atoms with E-state index in [4.69, 9.17) is 0 Å². The topological polar surface area (TPSA) is 60.9 Å². The molecule has 1 spiro atoms. The first-order valence-corrected chi connectivity index (χ1v) is 12.1. The summed E-state index contributed by atoms with van der Waals surface area (Å²) >= 11 is 0. The molecule has 0 aliphatic carbocycles. The maximum atomic E-state index is 14.2. The predicted molar refractivity (Wildman–Crippen MR) is 129 cm³/mol. The van der Waals surface area contributed by atoms with Gasteiger partial charge in [0.15, 0.2) is 0 Å². The third-order valence-electron chi connectivity index (χ3n) is 8.45. The van der Waals surface area contributed by atoms with Crippen LogP contribution in [0.5, 0.6) is 0 Å². The van der Waals surface area contributed by atoms with Crippen molar-refractivity contribution < 1.29 is 14.4 Å². The largest absolute Gasteiger partial charge is 0.310 e. The number of carbonyl (C=O) groups is 3. The predicted octanol–water partition coefficient (Wildman–Crippen LogP) is 3.69. The molecule has 34 heavy (non-hydrogen) atoms. The molecule has 170 valence electrons. The number of likely N-dealkylation sites (N-methyl/N-ethyl adjacent to an activating group) is 1. The van der Waals surface area contributed by atoms with Gasteiger partial charge in [-0.3, -0.25) is 19.3 Å². The average molecular weight is 452 g/mol.